The van der Waals surface area contributed by atoms with Crippen LogP contribution in [0, 0.1) is 19.7 Å². The van der Waals surface area contributed by atoms with Crippen LogP contribution in [0.4, 0.5) is 4.39 Å². The molecule has 0 spiro atoms. The molecule has 1 unspecified atom stereocenters. The first kappa shape index (κ1) is 13.2. The number of thiazole rings is 1. The Labute approximate surface area is 111 Å². The van der Waals surface area contributed by atoms with Crippen LogP contribution in [0.15, 0.2) is 23.6 Å². The van der Waals surface area contributed by atoms with Crippen LogP contribution in [0.25, 0.3) is 0 Å². The summed E-state index contributed by atoms with van der Waals surface area (Å²) in [7, 11) is 1.92. The Kier molecular flexibility index (Phi) is 4.09. The highest BCUT2D eigenvalue weighted by Crippen LogP contribution is 2.23. The average Bonchev–Trinajstić information content (AvgIpc) is 2.72. The zero-order chi connectivity index (χ0) is 13.1. The lowest BCUT2D eigenvalue weighted by molar-refractivity contribution is 0.576. The van der Waals surface area contributed by atoms with Crippen LogP contribution in [0.1, 0.15) is 27.9 Å². The molecule has 0 saturated carbocycles. The summed E-state index contributed by atoms with van der Waals surface area (Å²) < 4.78 is 13.1. The van der Waals surface area contributed by atoms with Gasteiger partial charge in [0.1, 0.15) is 5.82 Å². The van der Waals surface area contributed by atoms with Crippen molar-refractivity contribution >= 4 is 11.3 Å². The molecule has 2 rings (SSSR count). The zero-order valence-electron chi connectivity index (χ0n) is 10.8. The van der Waals surface area contributed by atoms with Crippen LogP contribution in [0.5, 0.6) is 0 Å². The summed E-state index contributed by atoms with van der Waals surface area (Å²) in [6.45, 7) is 3.95. The van der Waals surface area contributed by atoms with Gasteiger partial charge in [-0.2, -0.15) is 0 Å². The third-order valence-electron chi connectivity index (χ3n) is 3.04. The van der Waals surface area contributed by atoms with E-state index in [-0.39, 0.29) is 11.9 Å². The minimum atomic E-state index is -0.185. The second kappa shape index (κ2) is 5.59. The molecule has 0 radical (unpaired) electrons. The van der Waals surface area contributed by atoms with Crippen LogP contribution in [-0.4, -0.2) is 12.0 Å². The zero-order valence-corrected chi connectivity index (χ0v) is 11.6. The molecule has 0 fully saturated rings. The predicted molar refractivity (Wildman–Crippen MR) is 73.5 cm³/mol. The predicted octanol–water partition coefficient (Wildman–Crippen LogP) is 3.40. The van der Waals surface area contributed by atoms with Crippen molar-refractivity contribution in [2.24, 2.45) is 0 Å². The third kappa shape index (κ3) is 2.94. The van der Waals surface area contributed by atoms with Crippen molar-refractivity contribution in [2.75, 3.05) is 7.05 Å². The van der Waals surface area contributed by atoms with Gasteiger partial charge >= 0.3 is 0 Å². The lowest BCUT2D eigenvalue weighted by atomic mass is 9.98. The molecule has 1 aromatic heterocycles. The Bertz CT molecular complexity index is 536. The van der Waals surface area contributed by atoms with Crippen LogP contribution in [0.2, 0.25) is 0 Å². The largest absolute Gasteiger partial charge is 0.313 e. The number of halogens is 1. The molecule has 0 saturated heterocycles. The molecule has 1 N–H and O–H groups in total. The highest BCUT2D eigenvalue weighted by Gasteiger charge is 2.14. The number of nitrogens with one attached hydrogen (secondary N) is 1. The highest BCUT2D eigenvalue weighted by atomic mass is 32.1. The summed E-state index contributed by atoms with van der Waals surface area (Å²) in [6.07, 6.45) is 0.827. The molecule has 2 nitrogen and oxygen atoms in total. The number of hydrogen-bond donors (Lipinski definition) is 1. The van der Waals surface area contributed by atoms with E-state index < -0.39 is 0 Å². The summed E-state index contributed by atoms with van der Waals surface area (Å²) in [5, 5.41) is 6.44. The van der Waals surface area contributed by atoms with E-state index in [1.165, 1.54) is 6.07 Å². The van der Waals surface area contributed by atoms with Gasteiger partial charge in [0.15, 0.2) is 0 Å². The maximum Gasteiger partial charge on any atom is 0.123 e. The van der Waals surface area contributed by atoms with Gasteiger partial charge in [0.25, 0.3) is 0 Å². The van der Waals surface area contributed by atoms with Crippen LogP contribution < -0.4 is 5.32 Å². The summed E-state index contributed by atoms with van der Waals surface area (Å²) in [5.74, 6) is -0.185. The minimum Gasteiger partial charge on any atom is -0.313 e. The second-order valence-electron chi connectivity index (χ2n) is 4.40. The molecular formula is C14H17FN2S. The van der Waals surface area contributed by atoms with Crippen molar-refractivity contribution in [1.29, 1.82) is 0 Å². The van der Waals surface area contributed by atoms with Crippen LogP contribution in [-0.2, 0) is 6.42 Å². The number of likely N-dealkylation sites (N-methyl/N-ethyl adjacent to an activating group) is 1. The van der Waals surface area contributed by atoms with Crippen molar-refractivity contribution in [3.05, 3.63) is 51.2 Å². The van der Waals surface area contributed by atoms with E-state index >= 15 is 0 Å². The topological polar surface area (TPSA) is 24.9 Å². The molecule has 2 aromatic rings. The fraction of sp³-hybridized carbons (Fsp3) is 0.357. The van der Waals surface area contributed by atoms with Crippen molar-refractivity contribution < 1.29 is 4.39 Å². The lowest BCUT2D eigenvalue weighted by Gasteiger charge is -2.18. The van der Waals surface area contributed by atoms with E-state index in [4.69, 9.17) is 0 Å². The molecule has 0 amide bonds. The SMILES string of the molecule is CNC(Cc1csc(C)n1)c1ccc(F)cc1C. The fourth-order valence-corrected chi connectivity index (χ4v) is 2.73. The van der Waals surface area contributed by atoms with Crippen molar-refractivity contribution in [3.63, 3.8) is 0 Å². The molecule has 0 aliphatic rings. The van der Waals surface area contributed by atoms with E-state index in [0.29, 0.717) is 0 Å². The normalized spacial score (nSPS) is 12.7. The molecule has 0 aliphatic heterocycles. The van der Waals surface area contributed by atoms with Gasteiger partial charge in [-0.05, 0) is 44.2 Å². The summed E-state index contributed by atoms with van der Waals surface area (Å²) in [6, 6.07) is 5.11. The number of hydrogen-bond acceptors (Lipinski definition) is 3. The van der Waals surface area contributed by atoms with E-state index in [9.17, 15) is 4.39 Å². The van der Waals surface area contributed by atoms with Crippen molar-refractivity contribution in [2.45, 2.75) is 26.3 Å². The summed E-state index contributed by atoms with van der Waals surface area (Å²) >= 11 is 1.66. The number of benzene rings is 1. The summed E-state index contributed by atoms with van der Waals surface area (Å²) in [4.78, 5) is 4.48. The third-order valence-corrected chi connectivity index (χ3v) is 3.86. The lowest BCUT2D eigenvalue weighted by Crippen LogP contribution is -2.20. The fourth-order valence-electron chi connectivity index (χ4n) is 2.11. The van der Waals surface area contributed by atoms with Crippen molar-refractivity contribution in [1.82, 2.24) is 10.3 Å². The maximum atomic E-state index is 13.1. The quantitative estimate of drug-likeness (QED) is 0.915. The summed E-state index contributed by atoms with van der Waals surface area (Å²) in [5.41, 5.74) is 3.19. The van der Waals surface area contributed by atoms with E-state index in [0.717, 1.165) is 28.2 Å². The molecule has 1 atom stereocenters. The molecule has 96 valence electrons. The first-order valence-electron chi connectivity index (χ1n) is 5.94. The van der Waals surface area contributed by atoms with E-state index in [2.05, 4.69) is 15.7 Å². The van der Waals surface area contributed by atoms with Gasteiger partial charge in [-0.25, -0.2) is 9.37 Å². The Morgan fingerprint density at radius 1 is 1.39 bits per heavy atom. The molecule has 18 heavy (non-hydrogen) atoms. The molecule has 4 heteroatoms. The first-order chi connectivity index (χ1) is 8.60. The highest BCUT2D eigenvalue weighted by molar-refractivity contribution is 7.09. The van der Waals surface area contributed by atoms with Gasteiger partial charge in [0, 0.05) is 17.8 Å². The number of aromatic nitrogens is 1. The van der Waals surface area contributed by atoms with E-state index in [1.54, 1.807) is 17.4 Å². The molecular weight excluding hydrogens is 247 g/mol. The van der Waals surface area contributed by atoms with Gasteiger partial charge in [-0.15, -0.1) is 11.3 Å². The second-order valence-corrected chi connectivity index (χ2v) is 5.47. The molecule has 0 bridgehead atoms. The van der Waals surface area contributed by atoms with Gasteiger partial charge in [0.2, 0.25) is 0 Å². The van der Waals surface area contributed by atoms with Gasteiger partial charge in [0.05, 0.1) is 10.7 Å². The molecule has 1 aromatic carbocycles. The monoisotopic (exact) mass is 264 g/mol. The Balaban J connectivity index is 2.22. The Morgan fingerprint density at radius 2 is 2.17 bits per heavy atom. The minimum absolute atomic E-state index is 0.173. The van der Waals surface area contributed by atoms with Crippen LogP contribution >= 0.6 is 11.3 Å². The Morgan fingerprint density at radius 3 is 2.72 bits per heavy atom. The molecule has 0 aliphatic carbocycles. The molecule has 1 heterocycles. The number of rotatable bonds is 4. The van der Waals surface area contributed by atoms with Crippen molar-refractivity contribution in [3.8, 4) is 0 Å². The number of nitrogens with zero attached hydrogens (tertiary/aromatic N) is 1. The van der Waals surface area contributed by atoms with Gasteiger partial charge in [-0.1, -0.05) is 6.07 Å². The first-order valence-corrected chi connectivity index (χ1v) is 6.82. The number of aryl methyl sites for hydroxylation is 2. The van der Waals surface area contributed by atoms with Gasteiger partial charge in [-0.3, -0.25) is 0 Å². The standard InChI is InChI=1S/C14H17FN2S/c1-9-6-11(15)4-5-13(9)14(16-3)7-12-8-18-10(2)17-12/h4-6,8,14,16H,7H2,1-3H3. The van der Waals surface area contributed by atoms with E-state index in [1.807, 2.05) is 27.0 Å². The Hall–Kier alpha value is -1.26. The smallest absolute Gasteiger partial charge is 0.123 e. The average molecular weight is 264 g/mol. The van der Waals surface area contributed by atoms with Crippen LogP contribution in [0.3, 0.4) is 0 Å². The maximum absolute atomic E-state index is 13.1. The van der Waals surface area contributed by atoms with Gasteiger partial charge < -0.3 is 5.32 Å².